The van der Waals surface area contributed by atoms with Crippen LogP contribution in [0.3, 0.4) is 0 Å². The molecule has 1 amide bonds. The molecule has 18 heavy (non-hydrogen) atoms. The summed E-state index contributed by atoms with van der Waals surface area (Å²) in [6, 6.07) is 8.02. The first-order valence-corrected chi connectivity index (χ1v) is 6.34. The van der Waals surface area contributed by atoms with Gasteiger partial charge in [-0.3, -0.25) is 4.79 Å². The molecule has 0 radical (unpaired) electrons. The summed E-state index contributed by atoms with van der Waals surface area (Å²) in [5, 5.41) is 6.12. The summed E-state index contributed by atoms with van der Waals surface area (Å²) >= 11 is 0. The minimum Gasteiger partial charge on any atom is -0.326 e. The summed E-state index contributed by atoms with van der Waals surface area (Å²) in [5.41, 5.74) is 2.10. The predicted molar refractivity (Wildman–Crippen MR) is 77.0 cm³/mol. The second-order valence-electron chi connectivity index (χ2n) is 4.70. The van der Waals surface area contributed by atoms with E-state index in [-0.39, 0.29) is 24.2 Å². The summed E-state index contributed by atoms with van der Waals surface area (Å²) in [5.74, 6) is 0.409. The lowest BCUT2D eigenvalue weighted by atomic mass is 10.1. The molecule has 0 saturated heterocycles. The normalized spacial score (nSPS) is 15.2. The average Bonchev–Trinajstić information content (AvgIpc) is 2.83. The summed E-state index contributed by atoms with van der Waals surface area (Å²) in [7, 11) is 1.92. The average molecular weight is 269 g/mol. The Hall–Kier alpha value is -1.06. The van der Waals surface area contributed by atoms with E-state index in [2.05, 4.69) is 16.7 Å². The molecule has 1 fully saturated rings. The molecule has 0 atom stereocenters. The zero-order chi connectivity index (χ0) is 12.1. The first-order chi connectivity index (χ1) is 8.29. The largest absolute Gasteiger partial charge is 0.326 e. The lowest BCUT2D eigenvalue weighted by Gasteiger charge is -2.11. The zero-order valence-electron chi connectivity index (χ0n) is 10.7. The Morgan fingerprint density at radius 1 is 1.33 bits per heavy atom. The number of anilines is 1. The van der Waals surface area contributed by atoms with Gasteiger partial charge in [-0.1, -0.05) is 25.0 Å². The van der Waals surface area contributed by atoms with Crippen molar-refractivity contribution >= 4 is 24.0 Å². The third kappa shape index (κ3) is 4.00. The molecule has 1 aromatic carbocycles. The van der Waals surface area contributed by atoms with Gasteiger partial charge in [-0.25, -0.2) is 0 Å². The molecule has 1 saturated carbocycles. The van der Waals surface area contributed by atoms with Crippen LogP contribution in [-0.4, -0.2) is 13.0 Å². The van der Waals surface area contributed by atoms with Crippen LogP contribution in [0.15, 0.2) is 24.3 Å². The number of benzene rings is 1. The van der Waals surface area contributed by atoms with Crippen molar-refractivity contribution in [1.82, 2.24) is 5.32 Å². The van der Waals surface area contributed by atoms with Gasteiger partial charge in [-0.05, 0) is 37.6 Å². The van der Waals surface area contributed by atoms with Crippen molar-refractivity contribution in [1.29, 1.82) is 0 Å². The van der Waals surface area contributed by atoms with E-state index in [1.165, 1.54) is 18.4 Å². The summed E-state index contributed by atoms with van der Waals surface area (Å²) < 4.78 is 0. The van der Waals surface area contributed by atoms with Gasteiger partial charge in [0.2, 0.25) is 5.91 Å². The van der Waals surface area contributed by atoms with Crippen LogP contribution in [0.25, 0.3) is 0 Å². The van der Waals surface area contributed by atoms with Crippen LogP contribution in [-0.2, 0) is 11.3 Å². The number of carbonyl (C=O) groups is 1. The van der Waals surface area contributed by atoms with Gasteiger partial charge in [0.15, 0.2) is 0 Å². The van der Waals surface area contributed by atoms with Crippen LogP contribution in [0, 0.1) is 5.92 Å². The highest BCUT2D eigenvalue weighted by molar-refractivity contribution is 5.92. The number of halogens is 1. The van der Waals surface area contributed by atoms with Crippen LogP contribution in [0.1, 0.15) is 31.2 Å². The van der Waals surface area contributed by atoms with Crippen molar-refractivity contribution in [2.75, 3.05) is 12.4 Å². The maximum absolute atomic E-state index is 12.0. The lowest BCUT2D eigenvalue weighted by Crippen LogP contribution is -2.20. The fourth-order valence-electron chi connectivity index (χ4n) is 2.40. The molecule has 0 heterocycles. The fourth-order valence-corrected chi connectivity index (χ4v) is 2.40. The van der Waals surface area contributed by atoms with E-state index in [9.17, 15) is 4.79 Å². The number of amides is 1. The number of nitrogens with one attached hydrogen (secondary N) is 2. The van der Waals surface area contributed by atoms with E-state index < -0.39 is 0 Å². The molecular formula is C14H21ClN2O. The van der Waals surface area contributed by atoms with Crippen LogP contribution in [0.4, 0.5) is 5.69 Å². The van der Waals surface area contributed by atoms with E-state index in [1.807, 2.05) is 25.2 Å². The van der Waals surface area contributed by atoms with Gasteiger partial charge >= 0.3 is 0 Å². The Balaban J connectivity index is 0.00000162. The monoisotopic (exact) mass is 268 g/mol. The van der Waals surface area contributed by atoms with Crippen molar-refractivity contribution < 1.29 is 4.79 Å². The van der Waals surface area contributed by atoms with Gasteiger partial charge in [0, 0.05) is 18.2 Å². The van der Waals surface area contributed by atoms with Crippen LogP contribution < -0.4 is 10.6 Å². The molecule has 1 aromatic rings. The second kappa shape index (κ2) is 7.39. The standard InChI is InChI=1S/C14H20N2O.ClH/c1-15-10-11-5-4-8-13(9-11)16-14(17)12-6-2-3-7-12;/h4-5,8-9,12,15H,2-3,6-7,10H2,1H3,(H,16,17);1H. The Labute approximate surface area is 115 Å². The van der Waals surface area contributed by atoms with E-state index in [1.54, 1.807) is 0 Å². The van der Waals surface area contributed by atoms with Gasteiger partial charge in [0.1, 0.15) is 0 Å². The summed E-state index contributed by atoms with van der Waals surface area (Å²) in [6.45, 7) is 0.827. The van der Waals surface area contributed by atoms with E-state index in [4.69, 9.17) is 0 Å². The Morgan fingerprint density at radius 2 is 2.06 bits per heavy atom. The van der Waals surface area contributed by atoms with E-state index in [0.29, 0.717) is 0 Å². The number of hydrogen-bond donors (Lipinski definition) is 2. The lowest BCUT2D eigenvalue weighted by molar-refractivity contribution is -0.119. The smallest absolute Gasteiger partial charge is 0.227 e. The zero-order valence-corrected chi connectivity index (χ0v) is 11.6. The van der Waals surface area contributed by atoms with Crippen LogP contribution in [0.2, 0.25) is 0 Å². The number of hydrogen-bond acceptors (Lipinski definition) is 2. The maximum Gasteiger partial charge on any atom is 0.227 e. The van der Waals surface area contributed by atoms with Gasteiger partial charge in [0.05, 0.1) is 0 Å². The van der Waals surface area contributed by atoms with Crippen LogP contribution in [0.5, 0.6) is 0 Å². The third-order valence-corrected chi connectivity index (χ3v) is 3.30. The molecule has 0 aromatic heterocycles. The first kappa shape index (κ1) is 15.0. The van der Waals surface area contributed by atoms with E-state index >= 15 is 0 Å². The minimum atomic E-state index is 0. The van der Waals surface area contributed by atoms with Gasteiger partial charge in [0.25, 0.3) is 0 Å². The molecule has 1 aliphatic carbocycles. The van der Waals surface area contributed by atoms with Crippen molar-refractivity contribution in [3.05, 3.63) is 29.8 Å². The highest BCUT2D eigenvalue weighted by Gasteiger charge is 2.22. The molecule has 2 N–H and O–H groups in total. The van der Waals surface area contributed by atoms with Crippen LogP contribution >= 0.6 is 12.4 Å². The molecule has 0 aliphatic heterocycles. The Kier molecular flexibility index (Phi) is 6.16. The summed E-state index contributed by atoms with van der Waals surface area (Å²) in [6.07, 6.45) is 4.47. The van der Waals surface area contributed by atoms with Gasteiger partial charge < -0.3 is 10.6 Å². The Morgan fingerprint density at radius 3 is 2.72 bits per heavy atom. The molecule has 2 rings (SSSR count). The highest BCUT2D eigenvalue weighted by atomic mass is 35.5. The van der Waals surface area contributed by atoms with Gasteiger partial charge in [-0.15, -0.1) is 12.4 Å². The van der Waals surface area contributed by atoms with Crippen molar-refractivity contribution in [3.63, 3.8) is 0 Å². The first-order valence-electron chi connectivity index (χ1n) is 6.34. The van der Waals surface area contributed by atoms with E-state index in [0.717, 1.165) is 25.1 Å². The molecule has 3 nitrogen and oxygen atoms in total. The predicted octanol–water partition coefficient (Wildman–Crippen LogP) is 2.96. The minimum absolute atomic E-state index is 0. The molecule has 0 bridgehead atoms. The van der Waals surface area contributed by atoms with Crippen molar-refractivity contribution in [2.24, 2.45) is 5.92 Å². The third-order valence-electron chi connectivity index (χ3n) is 3.30. The maximum atomic E-state index is 12.0. The SMILES string of the molecule is CNCc1cccc(NC(=O)C2CCCC2)c1.Cl. The Bertz CT molecular complexity index is 389. The van der Waals surface area contributed by atoms with Gasteiger partial charge in [-0.2, -0.15) is 0 Å². The highest BCUT2D eigenvalue weighted by Crippen LogP contribution is 2.26. The second-order valence-corrected chi connectivity index (χ2v) is 4.70. The quantitative estimate of drug-likeness (QED) is 0.882. The molecule has 0 unspecified atom stereocenters. The summed E-state index contributed by atoms with van der Waals surface area (Å²) in [4.78, 5) is 12.0. The topological polar surface area (TPSA) is 41.1 Å². The molecule has 0 spiro atoms. The molecule has 1 aliphatic rings. The van der Waals surface area contributed by atoms with Crippen molar-refractivity contribution in [2.45, 2.75) is 32.2 Å². The molecule has 100 valence electrons. The number of rotatable bonds is 4. The molecule has 4 heteroatoms. The van der Waals surface area contributed by atoms with Crippen molar-refractivity contribution in [3.8, 4) is 0 Å². The number of carbonyl (C=O) groups excluding carboxylic acids is 1. The fraction of sp³-hybridized carbons (Fsp3) is 0.500. The molecular weight excluding hydrogens is 248 g/mol.